The van der Waals surface area contributed by atoms with E-state index >= 15 is 0 Å². The number of hydrogen-bond donors (Lipinski definition) is 0. The number of benzene rings is 3. The highest BCUT2D eigenvalue weighted by Crippen LogP contribution is 2.32. The van der Waals surface area contributed by atoms with E-state index in [1.807, 2.05) is 57.2 Å². The normalized spacial score (nSPS) is 17.0. The SMILES string of the molecule is O=C(c1cccc2ccccc12)N1CCN(C(=O)C2CCN(c3ccccc3[N+](=O)[O-])CC2)CC1. The summed E-state index contributed by atoms with van der Waals surface area (Å²) < 4.78 is 0. The summed E-state index contributed by atoms with van der Waals surface area (Å²) in [6.07, 6.45) is 1.33. The minimum absolute atomic E-state index is 0.00617. The second-order valence-electron chi connectivity index (χ2n) is 9.15. The fourth-order valence-electron chi connectivity index (χ4n) is 5.22. The summed E-state index contributed by atoms with van der Waals surface area (Å²) in [5, 5.41) is 13.4. The molecule has 2 saturated heterocycles. The third-order valence-electron chi connectivity index (χ3n) is 7.16. The van der Waals surface area contributed by atoms with Crippen LogP contribution in [-0.2, 0) is 4.79 Å². The van der Waals surface area contributed by atoms with Gasteiger partial charge in [-0.05, 0) is 35.7 Å². The van der Waals surface area contributed by atoms with Crippen molar-refractivity contribution >= 4 is 34.0 Å². The Morgan fingerprint density at radius 3 is 2.14 bits per heavy atom. The van der Waals surface area contributed by atoms with Crippen LogP contribution in [0.2, 0.25) is 0 Å². The molecular formula is C27H28N4O4. The van der Waals surface area contributed by atoms with Crippen LogP contribution in [0.1, 0.15) is 23.2 Å². The predicted octanol–water partition coefficient (Wildman–Crippen LogP) is 3.95. The van der Waals surface area contributed by atoms with Crippen LogP contribution in [0.5, 0.6) is 0 Å². The summed E-state index contributed by atoms with van der Waals surface area (Å²) in [6.45, 7) is 3.31. The molecule has 2 aliphatic heterocycles. The van der Waals surface area contributed by atoms with Crippen LogP contribution in [0, 0.1) is 16.0 Å². The molecule has 0 radical (unpaired) electrons. The topological polar surface area (TPSA) is 87.0 Å². The predicted molar refractivity (Wildman–Crippen MR) is 134 cm³/mol. The van der Waals surface area contributed by atoms with Crippen molar-refractivity contribution in [1.82, 2.24) is 9.80 Å². The first-order chi connectivity index (χ1) is 17.0. The molecule has 2 amide bonds. The molecule has 0 aromatic heterocycles. The molecule has 180 valence electrons. The fourth-order valence-corrected chi connectivity index (χ4v) is 5.22. The van der Waals surface area contributed by atoms with E-state index in [2.05, 4.69) is 0 Å². The summed E-state index contributed by atoms with van der Waals surface area (Å²) in [7, 11) is 0. The lowest BCUT2D eigenvalue weighted by Gasteiger charge is -2.39. The highest BCUT2D eigenvalue weighted by Gasteiger charge is 2.33. The second-order valence-corrected chi connectivity index (χ2v) is 9.15. The van der Waals surface area contributed by atoms with E-state index < -0.39 is 0 Å². The van der Waals surface area contributed by atoms with Gasteiger partial charge in [0, 0.05) is 56.8 Å². The first-order valence-electron chi connectivity index (χ1n) is 12.1. The number of anilines is 1. The van der Waals surface area contributed by atoms with Gasteiger partial charge < -0.3 is 14.7 Å². The minimum atomic E-state index is -0.356. The number of nitrogens with zero attached hydrogens (tertiary/aromatic N) is 4. The average molecular weight is 473 g/mol. The summed E-state index contributed by atoms with van der Waals surface area (Å²) in [6, 6.07) is 20.4. The molecule has 8 nitrogen and oxygen atoms in total. The van der Waals surface area contributed by atoms with Gasteiger partial charge in [-0.2, -0.15) is 0 Å². The Morgan fingerprint density at radius 1 is 0.771 bits per heavy atom. The van der Waals surface area contributed by atoms with Gasteiger partial charge >= 0.3 is 0 Å². The van der Waals surface area contributed by atoms with Crippen molar-refractivity contribution in [2.24, 2.45) is 5.92 Å². The van der Waals surface area contributed by atoms with Crippen molar-refractivity contribution in [3.63, 3.8) is 0 Å². The summed E-state index contributed by atoms with van der Waals surface area (Å²) >= 11 is 0. The Hall–Kier alpha value is -3.94. The van der Waals surface area contributed by atoms with Gasteiger partial charge in [0.05, 0.1) is 4.92 Å². The molecule has 35 heavy (non-hydrogen) atoms. The zero-order valence-electron chi connectivity index (χ0n) is 19.5. The van der Waals surface area contributed by atoms with Gasteiger partial charge in [0.1, 0.15) is 5.69 Å². The van der Waals surface area contributed by atoms with E-state index in [0.717, 1.165) is 10.8 Å². The van der Waals surface area contributed by atoms with Gasteiger partial charge in [-0.1, -0.05) is 48.5 Å². The van der Waals surface area contributed by atoms with Crippen molar-refractivity contribution in [3.05, 3.63) is 82.4 Å². The molecule has 2 heterocycles. The number of carbonyl (C=O) groups excluding carboxylic acids is 2. The van der Waals surface area contributed by atoms with Crippen molar-refractivity contribution in [2.45, 2.75) is 12.8 Å². The zero-order valence-corrected chi connectivity index (χ0v) is 19.5. The number of fused-ring (bicyclic) bond motifs is 1. The molecule has 0 spiro atoms. The minimum Gasteiger partial charge on any atom is -0.366 e. The average Bonchev–Trinajstić information content (AvgIpc) is 2.92. The van der Waals surface area contributed by atoms with Crippen LogP contribution in [0.3, 0.4) is 0 Å². The first-order valence-corrected chi connectivity index (χ1v) is 12.1. The molecule has 2 fully saturated rings. The molecule has 0 N–H and O–H groups in total. The van der Waals surface area contributed by atoms with Gasteiger partial charge in [0.25, 0.3) is 11.6 Å². The van der Waals surface area contributed by atoms with Crippen molar-refractivity contribution < 1.29 is 14.5 Å². The third kappa shape index (κ3) is 4.56. The van der Waals surface area contributed by atoms with Crippen LogP contribution < -0.4 is 4.90 Å². The maximum Gasteiger partial charge on any atom is 0.292 e. The highest BCUT2D eigenvalue weighted by atomic mass is 16.6. The number of nitro benzene ring substituents is 1. The second kappa shape index (κ2) is 9.74. The number of amides is 2. The molecule has 2 aliphatic rings. The zero-order chi connectivity index (χ0) is 24.4. The standard InChI is InChI=1S/C27H28N4O4/c32-26(21-12-14-28(15-13-21)24-10-3-4-11-25(24)31(34)35)29-16-18-30(19-17-29)27(33)23-9-5-7-20-6-1-2-8-22(20)23/h1-11,21H,12-19H2. The maximum absolute atomic E-state index is 13.2. The van der Waals surface area contributed by atoms with E-state index in [9.17, 15) is 19.7 Å². The monoisotopic (exact) mass is 472 g/mol. The Labute approximate surface area is 203 Å². The summed E-state index contributed by atoms with van der Waals surface area (Å²) in [4.78, 5) is 43.1. The van der Waals surface area contributed by atoms with Gasteiger partial charge in [-0.15, -0.1) is 0 Å². The third-order valence-corrected chi connectivity index (χ3v) is 7.16. The first kappa shape index (κ1) is 22.8. The van der Waals surface area contributed by atoms with Gasteiger partial charge in [-0.25, -0.2) is 0 Å². The van der Waals surface area contributed by atoms with Crippen LogP contribution >= 0.6 is 0 Å². The lowest BCUT2D eigenvalue weighted by molar-refractivity contribution is -0.384. The Bertz CT molecular complexity index is 1260. The van der Waals surface area contributed by atoms with Gasteiger partial charge in [-0.3, -0.25) is 19.7 Å². The van der Waals surface area contributed by atoms with Crippen molar-refractivity contribution in [3.8, 4) is 0 Å². The maximum atomic E-state index is 13.2. The van der Waals surface area contributed by atoms with E-state index in [1.54, 1.807) is 18.2 Å². The lowest BCUT2D eigenvalue weighted by atomic mass is 9.94. The quantitative estimate of drug-likeness (QED) is 0.424. The van der Waals surface area contributed by atoms with Crippen LogP contribution in [-0.4, -0.2) is 65.8 Å². The molecular weight excluding hydrogens is 444 g/mol. The molecule has 0 saturated carbocycles. The van der Waals surface area contributed by atoms with Crippen molar-refractivity contribution in [2.75, 3.05) is 44.2 Å². The van der Waals surface area contributed by atoms with Crippen molar-refractivity contribution in [1.29, 1.82) is 0 Å². The van der Waals surface area contributed by atoms with Crippen LogP contribution in [0.4, 0.5) is 11.4 Å². The Balaban J connectivity index is 1.17. The van der Waals surface area contributed by atoms with Gasteiger partial charge in [0.15, 0.2) is 0 Å². The molecule has 3 aromatic rings. The van der Waals surface area contributed by atoms with E-state index in [4.69, 9.17) is 0 Å². The summed E-state index contributed by atoms with van der Waals surface area (Å²) in [5.74, 6) is 0.0467. The smallest absolute Gasteiger partial charge is 0.292 e. The highest BCUT2D eigenvalue weighted by molar-refractivity contribution is 6.07. The molecule has 0 unspecified atom stereocenters. The molecule has 8 heteroatoms. The van der Waals surface area contributed by atoms with Crippen LogP contribution in [0.15, 0.2) is 66.7 Å². The largest absolute Gasteiger partial charge is 0.366 e. The number of piperidine rings is 1. The number of nitro groups is 1. The lowest BCUT2D eigenvalue weighted by Crippen LogP contribution is -2.53. The number of carbonyl (C=O) groups is 2. The fraction of sp³-hybridized carbons (Fsp3) is 0.333. The summed E-state index contributed by atoms with van der Waals surface area (Å²) in [5.41, 5.74) is 1.42. The number of rotatable bonds is 4. The van der Waals surface area contributed by atoms with Gasteiger partial charge in [0.2, 0.25) is 5.91 Å². The van der Waals surface area contributed by atoms with E-state index in [-0.39, 0.29) is 28.3 Å². The van der Waals surface area contributed by atoms with E-state index in [0.29, 0.717) is 63.4 Å². The Kier molecular flexibility index (Phi) is 6.35. The molecule has 5 rings (SSSR count). The molecule has 0 aliphatic carbocycles. The number of para-hydroxylation sites is 2. The number of piperazine rings is 1. The molecule has 0 bridgehead atoms. The molecule has 3 aromatic carbocycles. The molecule has 0 atom stereocenters. The number of hydrogen-bond acceptors (Lipinski definition) is 5. The van der Waals surface area contributed by atoms with Crippen LogP contribution in [0.25, 0.3) is 10.8 Å². The van der Waals surface area contributed by atoms with E-state index in [1.165, 1.54) is 6.07 Å². The Morgan fingerprint density at radius 2 is 1.40 bits per heavy atom.